The number of carbonyl (C=O) groups excluding carboxylic acids is 1. The van der Waals surface area contributed by atoms with Gasteiger partial charge in [-0.25, -0.2) is 23.1 Å². The minimum absolute atomic E-state index is 0.133. The zero-order valence-corrected chi connectivity index (χ0v) is 14.6. The van der Waals surface area contributed by atoms with Gasteiger partial charge in [-0.05, 0) is 36.8 Å². The van der Waals surface area contributed by atoms with Crippen molar-refractivity contribution in [3.8, 4) is 0 Å². The molecular formula is C18H12ClF3N4O. The molecule has 0 aliphatic rings. The summed E-state index contributed by atoms with van der Waals surface area (Å²) in [6.07, 6.45) is 2.45. The lowest BCUT2D eigenvalue weighted by Gasteiger charge is -2.09. The first-order valence-electron chi connectivity index (χ1n) is 7.65. The highest BCUT2D eigenvalue weighted by molar-refractivity contribution is 6.31. The van der Waals surface area contributed by atoms with E-state index in [1.54, 1.807) is 12.1 Å². The third-order valence-corrected chi connectivity index (χ3v) is 4.02. The molecule has 0 bridgehead atoms. The number of rotatable bonds is 4. The number of carbonyl (C=O) groups is 1. The molecule has 3 rings (SSSR count). The van der Waals surface area contributed by atoms with E-state index in [2.05, 4.69) is 20.6 Å². The topological polar surface area (TPSA) is 66.9 Å². The Bertz CT molecular complexity index is 1010. The van der Waals surface area contributed by atoms with Crippen LogP contribution in [0.2, 0.25) is 5.02 Å². The summed E-state index contributed by atoms with van der Waals surface area (Å²) in [6, 6.07) is 6.96. The van der Waals surface area contributed by atoms with Crippen molar-refractivity contribution in [3.05, 3.63) is 76.5 Å². The van der Waals surface area contributed by atoms with Crippen LogP contribution in [-0.4, -0.2) is 15.9 Å². The van der Waals surface area contributed by atoms with Gasteiger partial charge in [0.1, 0.15) is 11.5 Å². The third-order valence-electron chi connectivity index (χ3n) is 3.61. The second kappa shape index (κ2) is 7.63. The van der Waals surface area contributed by atoms with Crippen molar-refractivity contribution in [1.82, 2.24) is 9.97 Å². The van der Waals surface area contributed by atoms with E-state index >= 15 is 0 Å². The van der Waals surface area contributed by atoms with Crippen LogP contribution < -0.4 is 10.6 Å². The number of benzene rings is 2. The molecular weight excluding hydrogens is 381 g/mol. The largest absolute Gasteiger partial charge is 0.339 e. The molecule has 2 aromatic carbocycles. The van der Waals surface area contributed by atoms with E-state index in [0.717, 1.165) is 17.8 Å². The molecule has 0 spiro atoms. The maximum atomic E-state index is 13.6. The van der Waals surface area contributed by atoms with E-state index in [1.807, 2.05) is 13.0 Å². The molecule has 1 heterocycles. The summed E-state index contributed by atoms with van der Waals surface area (Å²) in [5.74, 6) is -4.99. The molecule has 27 heavy (non-hydrogen) atoms. The number of aromatic nitrogens is 2. The molecule has 1 amide bonds. The quantitative estimate of drug-likeness (QED) is 0.623. The van der Waals surface area contributed by atoms with Crippen molar-refractivity contribution in [2.24, 2.45) is 0 Å². The number of nitrogens with zero attached hydrogens (tertiary/aromatic N) is 2. The lowest BCUT2D eigenvalue weighted by atomic mass is 10.2. The summed E-state index contributed by atoms with van der Waals surface area (Å²) in [6.45, 7) is 1.87. The van der Waals surface area contributed by atoms with Crippen LogP contribution in [0.15, 0.2) is 42.7 Å². The van der Waals surface area contributed by atoms with Gasteiger partial charge in [0.15, 0.2) is 17.5 Å². The Morgan fingerprint density at radius 1 is 1.04 bits per heavy atom. The van der Waals surface area contributed by atoms with Crippen LogP contribution in [0.1, 0.15) is 16.1 Å². The summed E-state index contributed by atoms with van der Waals surface area (Å²) >= 11 is 6.05. The Hall–Kier alpha value is -3.13. The molecule has 0 saturated carbocycles. The number of halogens is 4. The highest BCUT2D eigenvalue weighted by Crippen LogP contribution is 2.23. The summed E-state index contributed by atoms with van der Waals surface area (Å²) in [5, 5.41) is 5.67. The number of amides is 1. The van der Waals surface area contributed by atoms with E-state index in [9.17, 15) is 18.0 Å². The fourth-order valence-electron chi connectivity index (χ4n) is 2.14. The first kappa shape index (κ1) is 18.7. The van der Waals surface area contributed by atoms with Gasteiger partial charge in [-0.3, -0.25) is 4.79 Å². The minimum atomic E-state index is -1.67. The predicted octanol–water partition coefficient (Wildman–Crippen LogP) is 4.85. The highest BCUT2D eigenvalue weighted by atomic mass is 35.5. The summed E-state index contributed by atoms with van der Waals surface area (Å²) in [5.41, 5.74) is 0.967. The van der Waals surface area contributed by atoms with E-state index in [-0.39, 0.29) is 5.69 Å². The fourth-order valence-corrected chi connectivity index (χ4v) is 2.32. The molecule has 0 fully saturated rings. The molecule has 2 N–H and O–H groups in total. The van der Waals surface area contributed by atoms with Crippen LogP contribution in [-0.2, 0) is 0 Å². The molecule has 0 unspecified atom stereocenters. The minimum Gasteiger partial charge on any atom is -0.339 e. The van der Waals surface area contributed by atoms with Gasteiger partial charge in [-0.1, -0.05) is 17.7 Å². The molecule has 9 heteroatoms. The van der Waals surface area contributed by atoms with Gasteiger partial charge >= 0.3 is 0 Å². The average Bonchev–Trinajstić information content (AvgIpc) is 2.66. The van der Waals surface area contributed by atoms with Crippen molar-refractivity contribution in [3.63, 3.8) is 0 Å². The Morgan fingerprint density at radius 3 is 2.48 bits per heavy atom. The highest BCUT2D eigenvalue weighted by Gasteiger charge is 2.16. The average molecular weight is 393 g/mol. The smallest absolute Gasteiger partial charge is 0.275 e. The standard InChI is InChI=1S/C18H12ClF3N4O/c1-9-2-3-10(6-11(9)19)25-15-8-23-14(7-24-15)18(27)26-13-5-4-12(20)16(21)17(13)22/h2-8H,1H3,(H,24,25)(H,26,27). The third kappa shape index (κ3) is 4.17. The maximum Gasteiger partial charge on any atom is 0.275 e. The number of anilines is 3. The van der Waals surface area contributed by atoms with Crippen LogP contribution in [0.3, 0.4) is 0 Å². The number of hydrogen-bond donors (Lipinski definition) is 2. The van der Waals surface area contributed by atoms with Gasteiger partial charge < -0.3 is 10.6 Å². The van der Waals surface area contributed by atoms with Gasteiger partial charge in [0, 0.05) is 10.7 Å². The number of aryl methyl sites for hydroxylation is 1. The van der Waals surface area contributed by atoms with Crippen molar-refractivity contribution in [1.29, 1.82) is 0 Å². The first-order chi connectivity index (χ1) is 12.8. The Labute approximate surface area is 157 Å². The van der Waals surface area contributed by atoms with E-state index in [1.165, 1.54) is 6.20 Å². The molecule has 0 atom stereocenters. The Kier molecular flexibility index (Phi) is 5.27. The summed E-state index contributed by atoms with van der Waals surface area (Å²) in [7, 11) is 0. The van der Waals surface area contributed by atoms with Crippen LogP contribution in [0.4, 0.5) is 30.4 Å². The van der Waals surface area contributed by atoms with Crippen LogP contribution in [0.25, 0.3) is 0 Å². The first-order valence-corrected chi connectivity index (χ1v) is 8.03. The predicted molar refractivity (Wildman–Crippen MR) is 95.8 cm³/mol. The van der Waals surface area contributed by atoms with Crippen LogP contribution in [0, 0.1) is 24.4 Å². The van der Waals surface area contributed by atoms with E-state index in [4.69, 9.17) is 11.6 Å². The van der Waals surface area contributed by atoms with Gasteiger partial charge in [-0.2, -0.15) is 0 Å². The van der Waals surface area contributed by atoms with Crippen molar-refractivity contribution < 1.29 is 18.0 Å². The molecule has 3 aromatic rings. The lowest BCUT2D eigenvalue weighted by molar-refractivity contribution is 0.102. The van der Waals surface area contributed by atoms with E-state index in [0.29, 0.717) is 22.6 Å². The molecule has 0 aliphatic carbocycles. The molecule has 0 aliphatic heterocycles. The van der Waals surface area contributed by atoms with Gasteiger partial charge in [-0.15, -0.1) is 0 Å². The summed E-state index contributed by atoms with van der Waals surface area (Å²) < 4.78 is 39.8. The zero-order chi connectivity index (χ0) is 19.6. The van der Waals surface area contributed by atoms with Crippen LogP contribution >= 0.6 is 11.6 Å². The molecule has 1 aromatic heterocycles. The zero-order valence-electron chi connectivity index (χ0n) is 13.9. The van der Waals surface area contributed by atoms with E-state index < -0.39 is 29.0 Å². The van der Waals surface area contributed by atoms with Gasteiger partial charge in [0.25, 0.3) is 5.91 Å². The number of nitrogens with one attached hydrogen (secondary N) is 2. The SMILES string of the molecule is Cc1ccc(Nc2cnc(C(=O)Nc3ccc(F)c(F)c3F)cn2)cc1Cl. The van der Waals surface area contributed by atoms with Crippen molar-refractivity contribution in [2.45, 2.75) is 6.92 Å². The maximum absolute atomic E-state index is 13.6. The second-order valence-corrected chi connectivity index (χ2v) is 5.96. The fraction of sp³-hybridized carbons (Fsp3) is 0.0556. The molecule has 5 nitrogen and oxygen atoms in total. The monoisotopic (exact) mass is 392 g/mol. The lowest BCUT2D eigenvalue weighted by Crippen LogP contribution is -2.16. The van der Waals surface area contributed by atoms with Gasteiger partial charge in [0.05, 0.1) is 18.1 Å². The summed E-state index contributed by atoms with van der Waals surface area (Å²) in [4.78, 5) is 20.0. The molecule has 138 valence electrons. The van der Waals surface area contributed by atoms with Crippen molar-refractivity contribution >= 4 is 34.7 Å². The van der Waals surface area contributed by atoms with Crippen molar-refractivity contribution in [2.75, 3.05) is 10.6 Å². The number of hydrogen-bond acceptors (Lipinski definition) is 4. The normalized spacial score (nSPS) is 10.6. The molecule has 0 saturated heterocycles. The Balaban J connectivity index is 1.72. The second-order valence-electron chi connectivity index (χ2n) is 5.55. The molecule has 0 radical (unpaired) electrons. The van der Waals surface area contributed by atoms with Gasteiger partial charge in [0.2, 0.25) is 0 Å². The van der Waals surface area contributed by atoms with Crippen LogP contribution in [0.5, 0.6) is 0 Å². The Morgan fingerprint density at radius 2 is 1.81 bits per heavy atom.